The van der Waals surface area contributed by atoms with Gasteiger partial charge in [-0.2, -0.15) is 5.26 Å². The molecule has 0 aliphatic rings. The number of rotatable bonds is 5. The molecule has 0 radical (unpaired) electrons. The first-order chi connectivity index (χ1) is 12.2. The van der Waals surface area contributed by atoms with E-state index in [2.05, 4.69) is 11.4 Å². The predicted octanol–water partition coefficient (Wildman–Crippen LogP) is 2.95. The fraction of sp³-hybridized carbons (Fsp3) is 0.158. The van der Waals surface area contributed by atoms with Crippen LogP contribution in [0.4, 0.5) is 0 Å². The smallest absolute Gasteiger partial charge is 0.254 e. The highest BCUT2D eigenvalue weighted by atomic mass is 16.5. The van der Waals surface area contributed by atoms with Gasteiger partial charge in [0.2, 0.25) is 0 Å². The lowest BCUT2D eigenvalue weighted by Gasteiger charge is -2.17. The summed E-state index contributed by atoms with van der Waals surface area (Å²) in [5, 5.41) is 12.3. The van der Waals surface area contributed by atoms with Gasteiger partial charge in [-0.25, -0.2) is 0 Å². The molecule has 0 bridgehead atoms. The van der Waals surface area contributed by atoms with Crippen LogP contribution in [0.3, 0.4) is 0 Å². The Hall–Kier alpha value is -3.46. The van der Waals surface area contributed by atoms with E-state index in [9.17, 15) is 10.1 Å². The molecule has 1 N–H and O–H groups in total. The van der Waals surface area contributed by atoms with E-state index >= 15 is 0 Å². The van der Waals surface area contributed by atoms with Gasteiger partial charge in [-0.05, 0) is 24.3 Å². The summed E-state index contributed by atoms with van der Waals surface area (Å²) in [6.45, 7) is 0. The second-order valence-electron chi connectivity index (χ2n) is 5.38. The van der Waals surface area contributed by atoms with Crippen molar-refractivity contribution in [2.24, 2.45) is 0 Å². The van der Waals surface area contributed by atoms with Gasteiger partial charge in [0.25, 0.3) is 5.91 Å². The Morgan fingerprint density at radius 3 is 2.72 bits per heavy atom. The number of carbonyl (C=O) groups excluding carboxylic acids is 1. The monoisotopic (exact) mass is 335 g/mol. The lowest BCUT2D eigenvalue weighted by molar-refractivity contribution is 0.0945. The Kier molecular flexibility index (Phi) is 4.57. The quantitative estimate of drug-likeness (QED) is 0.778. The van der Waals surface area contributed by atoms with Crippen molar-refractivity contribution in [1.29, 1.82) is 5.26 Å². The second-order valence-corrected chi connectivity index (χ2v) is 5.38. The van der Waals surface area contributed by atoms with E-state index in [1.165, 1.54) is 14.2 Å². The topological polar surface area (TPSA) is 75.8 Å². The van der Waals surface area contributed by atoms with E-state index in [-0.39, 0.29) is 5.91 Å². The summed E-state index contributed by atoms with van der Waals surface area (Å²) in [6.07, 6.45) is 3.58. The Balaban J connectivity index is 1.90. The molecule has 6 nitrogen and oxygen atoms in total. The fourth-order valence-corrected chi connectivity index (χ4v) is 2.71. The van der Waals surface area contributed by atoms with E-state index in [4.69, 9.17) is 9.47 Å². The van der Waals surface area contributed by atoms with Crippen LogP contribution >= 0.6 is 0 Å². The van der Waals surface area contributed by atoms with Crippen LogP contribution in [-0.2, 0) is 0 Å². The highest BCUT2D eigenvalue weighted by Gasteiger charge is 2.21. The molecular weight excluding hydrogens is 318 g/mol. The number of hydrogen-bond donors (Lipinski definition) is 1. The fourth-order valence-electron chi connectivity index (χ4n) is 2.71. The van der Waals surface area contributed by atoms with Crippen LogP contribution in [0, 0.1) is 11.3 Å². The summed E-state index contributed by atoms with van der Waals surface area (Å²) in [5.74, 6) is 0.600. The number of pyridine rings is 1. The SMILES string of the molecule is COc1cccc(C(C#N)NC(=O)c2cc3ccccn3c2)c1OC. The lowest BCUT2D eigenvalue weighted by atomic mass is 10.1. The van der Waals surface area contributed by atoms with Gasteiger partial charge in [-0.3, -0.25) is 4.79 Å². The zero-order valence-electron chi connectivity index (χ0n) is 13.9. The average Bonchev–Trinajstić information content (AvgIpc) is 3.09. The van der Waals surface area contributed by atoms with Crippen LogP contribution in [0.1, 0.15) is 22.0 Å². The maximum absolute atomic E-state index is 12.6. The summed E-state index contributed by atoms with van der Waals surface area (Å²) in [6, 6.07) is 13.9. The number of benzene rings is 1. The van der Waals surface area contributed by atoms with Crippen molar-refractivity contribution in [1.82, 2.24) is 9.72 Å². The third kappa shape index (κ3) is 3.12. The summed E-state index contributed by atoms with van der Waals surface area (Å²) in [4.78, 5) is 12.6. The van der Waals surface area contributed by atoms with Gasteiger partial charge in [-0.15, -0.1) is 0 Å². The van der Waals surface area contributed by atoms with Gasteiger partial charge < -0.3 is 19.2 Å². The van der Waals surface area contributed by atoms with Gasteiger partial charge in [0.1, 0.15) is 6.04 Å². The largest absolute Gasteiger partial charge is 0.493 e. The van der Waals surface area contributed by atoms with Gasteiger partial charge in [-0.1, -0.05) is 18.2 Å². The van der Waals surface area contributed by atoms with Crippen LogP contribution in [0.25, 0.3) is 5.52 Å². The third-order valence-corrected chi connectivity index (χ3v) is 3.92. The minimum atomic E-state index is -0.861. The molecule has 1 atom stereocenters. The Bertz CT molecular complexity index is 923. The number of ether oxygens (including phenoxy) is 2. The second kappa shape index (κ2) is 6.97. The molecule has 3 aromatic rings. The lowest BCUT2D eigenvalue weighted by Crippen LogP contribution is -2.27. The highest BCUT2D eigenvalue weighted by molar-refractivity contribution is 5.96. The number of carbonyl (C=O) groups is 1. The molecule has 0 saturated heterocycles. The van der Waals surface area contributed by atoms with E-state index in [1.54, 1.807) is 30.5 Å². The number of amides is 1. The van der Waals surface area contributed by atoms with Gasteiger partial charge in [0.15, 0.2) is 11.5 Å². The van der Waals surface area contributed by atoms with Crippen LogP contribution in [0.2, 0.25) is 0 Å². The van der Waals surface area contributed by atoms with Crippen LogP contribution < -0.4 is 14.8 Å². The van der Waals surface area contributed by atoms with Gasteiger partial charge in [0, 0.05) is 23.5 Å². The van der Waals surface area contributed by atoms with Crippen LogP contribution in [0.5, 0.6) is 11.5 Å². The van der Waals surface area contributed by atoms with Crippen molar-refractivity contribution in [2.75, 3.05) is 14.2 Å². The Labute approximate surface area is 145 Å². The molecule has 3 rings (SSSR count). The molecule has 0 aliphatic heterocycles. The number of nitrogens with zero attached hydrogens (tertiary/aromatic N) is 2. The summed E-state index contributed by atoms with van der Waals surface area (Å²) in [7, 11) is 3.02. The normalized spacial score (nSPS) is 11.6. The molecule has 2 heterocycles. The number of hydrogen-bond acceptors (Lipinski definition) is 4. The Morgan fingerprint density at radius 2 is 2.04 bits per heavy atom. The highest BCUT2D eigenvalue weighted by Crippen LogP contribution is 2.34. The average molecular weight is 335 g/mol. The summed E-state index contributed by atoms with van der Waals surface area (Å²) in [5.41, 5.74) is 1.93. The standard InChI is InChI=1S/C19H17N3O3/c1-24-17-8-5-7-15(18(17)25-2)16(11-20)21-19(23)13-10-14-6-3-4-9-22(14)12-13/h3-10,12,16H,1-2H3,(H,21,23). The molecule has 2 aromatic heterocycles. The van der Waals surface area contributed by atoms with E-state index in [1.807, 2.05) is 28.8 Å². The molecule has 126 valence electrons. The van der Waals surface area contributed by atoms with Crippen molar-refractivity contribution in [3.63, 3.8) is 0 Å². The first kappa shape index (κ1) is 16.4. The summed E-state index contributed by atoms with van der Waals surface area (Å²) >= 11 is 0. The molecule has 0 saturated carbocycles. The molecule has 0 fully saturated rings. The first-order valence-corrected chi connectivity index (χ1v) is 7.66. The number of methoxy groups -OCH3 is 2. The van der Waals surface area contributed by atoms with Crippen molar-refractivity contribution < 1.29 is 14.3 Å². The Morgan fingerprint density at radius 1 is 1.20 bits per heavy atom. The maximum Gasteiger partial charge on any atom is 0.254 e. The number of nitrogens with one attached hydrogen (secondary N) is 1. The van der Waals surface area contributed by atoms with Crippen molar-refractivity contribution in [3.8, 4) is 17.6 Å². The zero-order chi connectivity index (χ0) is 17.8. The minimum absolute atomic E-state index is 0.333. The van der Waals surface area contributed by atoms with E-state index in [0.29, 0.717) is 22.6 Å². The number of nitriles is 1. The summed E-state index contributed by atoms with van der Waals surface area (Å²) < 4.78 is 12.5. The minimum Gasteiger partial charge on any atom is -0.493 e. The number of fused-ring (bicyclic) bond motifs is 1. The van der Waals surface area contributed by atoms with Gasteiger partial charge in [0.05, 0.1) is 25.9 Å². The van der Waals surface area contributed by atoms with E-state index in [0.717, 1.165) is 5.52 Å². The predicted molar refractivity (Wildman–Crippen MR) is 92.8 cm³/mol. The maximum atomic E-state index is 12.6. The van der Waals surface area contributed by atoms with Gasteiger partial charge >= 0.3 is 0 Å². The van der Waals surface area contributed by atoms with Crippen LogP contribution in [-0.4, -0.2) is 24.5 Å². The molecule has 1 unspecified atom stereocenters. The van der Waals surface area contributed by atoms with Crippen LogP contribution in [0.15, 0.2) is 54.9 Å². The van der Waals surface area contributed by atoms with Crippen molar-refractivity contribution in [2.45, 2.75) is 6.04 Å². The first-order valence-electron chi connectivity index (χ1n) is 7.66. The molecule has 0 spiro atoms. The van der Waals surface area contributed by atoms with Crippen molar-refractivity contribution >= 4 is 11.4 Å². The zero-order valence-corrected chi connectivity index (χ0v) is 13.9. The number of aromatic nitrogens is 1. The molecule has 1 amide bonds. The molecule has 25 heavy (non-hydrogen) atoms. The number of para-hydroxylation sites is 1. The van der Waals surface area contributed by atoms with E-state index < -0.39 is 6.04 Å². The molecule has 6 heteroatoms. The molecule has 1 aromatic carbocycles. The van der Waals surface area contributed by atoms with Crippen molar-refractivity contribution in [3.05, 3.63) is 66.0 Å². The molecule has 0 aliphatic carbocycles. The third-order valence-electron chi connectivity index (χ3n) is 3.92. The molecular formula is C19H17N3O3.